The van der Waals surface area contributed by atoms with Crippen molar-refractivity contribution < 1.29 is 9.94 Å². The number of methoxy groups -OCH3 is 1. The molecule has 0 aliphatic rings. The second-order valence-corrected chi connectivity index (χ2v) is 3.46. The molecule has 0 saturated heterocycles. The second-order valence-electron chi connectivity index (χ2n) is 3.46. The van der Waals surface area contributed by atoms with E-state index in [1.54, 1.807) is 25.4 Å². The molecule has 0 amide bonds. The first-order valence-corrected chi connectivity index (χ1v) is 5.40. The van der Waals surface area contributed by atoms with Crippen molar-refractivity contribution in [3.63, 3.8) is 0 Å². The van der Waals surface area contributed by atoms with Gasteiger partial charge in [-0.25, -0.2) is 4.98 Å². The molecule has 94 valence electrons. The molecule has 0 spiro atoms. The zero-order valence-corrected chi connectivity index (χ0v) is 10.1. The molecule has 0 bridgehead atoms. The molecule has 6 heteroatoms. The monoisotopic (exact) mass is 238 g/mol. The average Bonchev–Trinajstić information content (AvgIpc) is 2.39. The molecule has 0 fully saturated rings. The highest BCUT2D eigenvalue weighted by Gasteiger charge is 2.07. The minimum absolute atomic E-state index is 0.0800. The Bertz CT molecular complexity index is 381. The minimum Gasteiger partial charge on any atom is -0.409 e. The lowest BCUT2D eigenvalue weighted by molar-refractivity contribution is 0.205. The van der Waals surface area contributed by atoms with Crippen LogP contribution in [-0.2, 0) is 4.74 Å². The van der Waals surface area contributed by atoms with Crippen LogP contribution in [0.15, 0.2) is 23.5 Å². The van der Waals surface area contributed by atoms with Crippen molar-refractivity contribution >= 4 is 11.7 Å². The average molecular weight is 238 g/mol. The third-order valence-corrected chi connectivity index (χ3v) is 2.42. The summed E-state index contributed by atoms with van der Waals surface area (Å²) in [6, 6.07) is 3.48. The van der Waals surface area contributed by atoms with Gasteiger partial charge in [0, 0.05) is 32.0 Å². The fourth-order valence-electron chi connectivity index (χ4n) is 1.44. The lowest BCUT2D eigenvalue weighted by atomic mass is 10.2. The number of ether oxygens (including phenoxy) is 1. The Labute approximate surface area is 101 Å². The molecular formula is C11H18N4O2. The van der Waals surface area contributed by atoms with Gasteiger partial charge in [0.25, 0.3) is 0 Å². The highest BCUT2D eigenvalue weighted by molar-refractivity contribution is 5.97. The van der Waals surface area contributed by atoms with E-state index in [2.05, 4.69) is 15.0 Å². The van der Waals surface area contributed by atoms with Crippen LogP contribution in [0.5, 0.6) is 0 Å². The maximum absolute atomic E-state index is 8.63. The number of rotatable bonds is 6. The first-order valence-electron chi connectivity index (χ1n) is 5.40. The number of aromatic nitrogens is 1. The van der Waals surface area contributed by atoms with Gasteiger partial charge in [-0.05, 0) is 19.1 Å². The maximum atomic E-state index is 8.63. The molecule has 1 rings (SSSR count). The van der Waals surface area contributed by atoms with Crippen LogP contribution in [0.25, 0.3) is 0 Å². The number of nitrogens with two attached hydrogens (primary N) is 1. The van der Waals surface area contributed by atoms with Gasteiger partial charge >= 0.3 is 0 Å². The van der Waals surface area contributed by atoms with Crippen LogP contribution in [-0.4, -0.2) is 42.8 Å². The van der Waals surface area contributed by atoms with Crippen molar-refractivity contribution in [3.05, 3.63) is 23.9 Å². The Morgan fingerprint density at radius 2 is 2.41 bits per heavy atom. The number of oxime groups is 1. The Kier molecular flexibility index (Phi) is 5.22. The Morgan fingerprint density at radius 3 is 3.00 bits per heavy atom. The summed E-state index contributed by atoms with van der Waals surface area (Å²) in [6.45, 7) is 4.23. The number of nitrogens with zero attached hydrogens (tertiary/aromatic N) is 3. The molecule has 1 aromatic rings. The van der Waals surface area contributed by atoms with Crippen molar-refractivity contribution in [1.29, 1.82) is 0 Å². The van der Waals surface area contributed by atoms with Gasteiger partial charge in [0.15, 0.2) is 5.84 Å². The van der Waals surface area contributed by atoms with Crippen LogP contribution in [0.4, 0.5) is 5.82 Å². The summed E-state index contributed by atoms with van der Waals surface area (Å²) in [7, 11) is 1.66. The van der Waals surface area contributed by atoms with Gasteiger partial charge in [0.05, 0.1) is 6.61 Å². The molecule has 0 saturated carbocycles. The number of amidine groups is 1. The lowest BCUT2D eigenvalue weighted by Gasteiger charge is -2.21. The van der Waals surface area contributed by atoms with Crippen LogP contribution in [0.2, 0.25) is 0 Å². The molecule has 0 aliphatic heterocycles. The molecule has 0 unspecified atom stereocenters. The van der Waals surface area contributed by atoms with Crippen LogP contribution >= 0.6 is 0 Å². The largest absolute Gasteiger partial charge is 0.409 e. The number of anilines is 1. The van der Waals surface area contributed by atoms with Gasteiger partial charge in [0.1, 0.15) is 5.82 Å². The minimum atomic E-state index is 0.0800. The quantitative estimate of drug-likeness (QED) is 0.329. The smallest absolute Gasteiger partial charge is 0.170 e. The standard InChI is InChI=1S/C11H18N4O2/c1-3-15(6-7-17-2)10-8-9(4-5-13-10)11(12)14-16/h4-5,8,16H,3,6-7H2,1-2H3,(H2,12,14). The summed E-state index contributed by atoms with van der Waals surface area (Å²) in [5.41, 5.74) is 6.18. The summed E-state index contributed by atoms with van der Waals surface area (Å²) < 4.78 is 5.04. The topological polar surface area (TPSA) is 84.0 Å². The summed E-state index contributed by atoms with van der Waals surface area (Å²) in [4.78, 5) is 6.31. The van der Waals surface area contributed by atoms with Gasteiger partial charge in [-0.3, -0.25) is 0 Å². The van der Waals surface area contributed by atoms with E-state index in [9.17, 15) is 0 Å². The first kappa shape index (κ1) is 13.2. The molecule has 17 heavy (non-hydrogen) atoms. The summed E-state index contributed by atoms with van der Waals surface area (Å²) in [5.74, 6) is 0.866. The van der Waals surface area contributed by atoms with E-state index < -0.39 is 0 Å². The van der Waals surface area contributed by atoms with E-state index in [0.717, 1.165) is 18.9 Å². The van der Waals surface area contributed by atoms with E-state index >= 15 is 0 Å². The number of hydrogen-bond acceptors (Lipinski definition) is 5. The summed E-state index contributed by atoms with van der Waals surface area (Å²) in [5, 5.41) is 11.6. The number of hydrogen-bond donors (Lipinski definition) is 2. The molecular weight excluding hydrogens is 220 g/mol. The Hall–Kier alpha value is -1.82. The van der Waals surface area contributed by atoms with E-state index in [1.807, 2.05) is 6.92 Å². The molecule has 0 aromatic carbocycles. The fourth-order valence-corrected chi connectivity index (χ4v) is 1.44. The van der Waals surface area contributed by atoms with Gasteiger partial charge in [0.2, 0.25) is 0 Å². The highest BCUT2D eigenvalue weighted by Crippen LogP contribution is 2.12. The van der Waals surface area contributed by atoms with Crippen LogP contribution in [0, 0.1) is 0 Å². The van der Waals surface area contributed by atoms with E-state index in [1.165, 1.54) is 0 Å². The Balaban J connectivity index is 2.88. The normalized spacial score (nSPS) is 11.5. The zero-order chi connectivity index (χ0) is 12.7. The molecule has 1 heterocycles. The van der Waals surface area contributed by atoms with Crippen molar-refractivity contribution in [2.75, 3.05) is 31.7 Å². The van der Waals surface area contributed by atoms with Crippen LogP contribution in [0.3, 0.4) is 0 Å². The number of pyridine rings is 1. The molecule has 0 atom stereocenters. The maximum Gasteiger partial charge on any atom is 0.170 e. The highest BCUT2D eigenvalue weighted by atomic mass is 16.5. The van der Waals surface area contributed by atoms with Gasteiger partial charge < -0.3 is 20.6 Å². The zero-order valence-electron chi connectivity index (χ0n) is 10.1. The van der Waals surface area contributed by atoms with Crippen molar-refractivity contribution in [1.82, 2.24) is 4.98 Å². The Morgan fingerprint density at radius 1 is 1.65 bits per heavy atom. The van der Waals surface area contributed by atoms with Gasteiger partial charge in [-0.1, -0.05) is 5.16 Å². The summed E-state index contributed by atoms with van der Waals surface area (Å²) >= 11 is 0. The van der Waals surface area contributed by atoms with Crippen molar-refractivity contribution in [2.45, 2.75) is 6.92 Å². The molecule has 1 aromatic heterocycles. The predicted molar refractivity (Wildman–Crippen MR) is 66.5 cm³/mol. The molecule has 0 radical (unpaired) electrons. The lowest BCUT2D eigenvalue weighted by Crippen LogP contribution is -2.28. The summed E-state index contributed by atoms with van der Waals surface area (Å²) in [6.07, 6.45) is 1.64. The second kappa shape index (κ2) is 6.70. The van der Waals surface area contributed by atoms with Crippen molar-refractivity contribution in [3.8, 4) is 0 Å². The molecule has 6 nitrogen and oxygen atoms in total. The van der Waals surface area contributed by atoms with E-state index in [-0.39, 0.29) is 5.84 Å². The predicted octanol–water partition coefficient (Wildman–Crippen LogP) is 0.649. The third-order valence-electron chi connectivity index (χ3n) is 2.42. The molecule has 3 N–H and O–H groups in total. The van der Waals surface area contributed by atoms with E-state index in [4.69, 9.17) is 15.7 Å². The SMILES string of the molecule is CCN(CCOC)c1cc(C(N)=NO)ccn1. The fraction of sp³-hybridized carbons (Fsp3) is 0.455. The third kappa shape index (κ3) is 3.60. The van der Waals surface area contributed by atoms with Gasteiger partial charge in [-0.2, -0.15) is 0 Å². The van der Waals surface area contributed by atoms with Crippen LogP contribution in [0.1, 0.15) is 12.5 Å². The van der Waals surface area contributed by atoms with E-state index in [0.29, 0.717) is 12.2 Å². The number of likely N-dealkylation sites (N-methyl/N-ethyl adjacent to an activating group) is 1. The first-order chi connectivity index (χ1) is 8.22. The molecule has 0 aliphatic carbocycles. The van der Waals surface area contributed by atoms with Gasteiger partial charge in [-0.15, -0.1) is 0 Å². The van der Waals surface area contributed by atoms with Crippen LogP contribution < -0.4 is 10.6 Å². The van der Waals surface area contributed by atoms with Crippen molar-refractivity contribution in [2.24, 2.45) is 10.9 Å².